The number of hydrogen-bond donors (Lipinski definition) is 2. The number of aryl methyl sites for hydroxylation is 1. The molecule has 2 amide bonds. The molecule has 6 nitrogen and oxygen atoms in total. The molecule has 1 saturated heterocycles. The zero-order chi connectivity index (χ0) is 21.7. The van der Waals surface area contributed by atoms with Crippen LogP contribution in [0.2, 0.25) is 0 Å². The van der Waals surface area contributed by atoms with Gasteiger partial charge in [-0.15, -0.1) is 0 Å². The van der Waals surface area contributed by atoms with Gasteiger partial charge >= 0.3 is 6.03 Å². The van der Waals surface area contributed by atoms with Crippen LogP contribution in [0.3, 0.4) is 0 Å². The minimum absolute atomic E-state index is 0.141. The molecule has 0 radical (unpaired) electrons. The molecule has 2 N–H and O–H groups in total. The Kier molecular flexibility index (Phi) is 7.15. The molecule has 1 aliphatic rings. The summed E-state index contributed by atoms with van der Waals surface area (Å²) >= 11 is 0. The van der Waals surface area contributed by atoms with Crippen LogP contribution < -0.4 is 10.0 Å². The molecule has 0 saturated carbocycles. The largest absolute Gasteiger partial charge is 0.338 e. The molecule has 2 aromatic rings. The fourth-order valence-electron chi connectivity index (χ4n) is 4.17. The lowest BCUT2D eigenvalue weighted by molar-refractivity contribution is 0.134. The molecule has 0 aliphatic carbocycles. The lowest BCUT2D eigenvalue weighted by Crippen LogP contribution is -2.59. The van der Waals surface area contributed by atoms with E-state index < -0.39 is 10.0 Å². The van der Waals surface area contributed by atoms with E-state index in [9.17, 15) is 13.2 Å². The van der Waals surface area contributed by atoms with Gasteiger partial charge in [-0.05, 0) is 49.8 Å². The molecule has 2 atom stereocenters. The van der Waals surface area contributed by atoms with Crippen molar-refractivity contribution in [1.82, 2.24) is 14.9 Å². The number of hydrogen-bond acceptors (Lipinski definition) is 3. The third kappa shape index (κ3) is 5.83. The number of carbonyl (C=O) groups excluding carboxylic acids is 1. The number of benzene rings is 2. The predicted molar refractivity (Wildman–Crippen MR) is 121 cm³/mol. The van der Waals surface area contributed by atoms with E-state index in [1.165, 1.54) is 11.8 Å². The van der Waals surface area contributed by atoms with E-state index in [-0.39, 0.29) is 18.1 Å². The van der Waals surface area contributed by atoms with Gasteiger partial charge in [-0.2, -0.15) is 0 Å². The number of likely N-dealkylation sites (tertiary alicyclic amines) is 1. The van der Waals surface area contributed by atoms with Gasteiger partial charge in [0.05, 0.1) is 12.3 Å². The van der Waals surface area contributed by atoms with Gasteiger partial charge in [-0.25, -0.2) is 17.9 Å². The Morgan fingerprint density at radius 2 is 1.83 bits per heavy atom. The van der Waals surface area contributed by atoms with Gasteiger partial charge in [-0.3, -0.25) is 0 Å². The van der Waals surface area contributed by atoms with Crippen molar-refractivity contribution in [2.24, 2.45) is 0 Å². The van der Waals surface area contributed by atoms with Crippen molar-refractivity contribution < 1.29 is 13.2 Å². The number of amides is 2. The van der Waals surface area contributed by atoms with Crippen molar-refractivity contribution >= 4 is 16.1 Å². The molecular weight excluding hydrogens is 398 g/mol. The first-order valence-electron chi connectivity index (χ1n) is 10.4. The first-order valence-corrected chi connectivity index (χ1v) is 12.3. The third-order valence-electron chi connectivity index (χ3n) is 5.46. The lowest BCUT2D eigenvalue weighted by atomic mass is 9.90. The number of carbonyl (C=O) groups is 1. The van der Waals surface area contributed by atoms with Crippen LogP contribution in [-0.4, -0.2) is 50.8 Å². The second kappa shape index (κ2) is 9.62. The summed E-state index contributed by atoms with van der Waals surface area (Å²) in [6, 6.07) is 15.9. The summed E-state index contributed by atoms with van der Waals surface area (Å²) in [5.41, 5.74) is 4.54. The third-order valence-corrected chi connectivity index (χ3v) is 6.19. The molecule has 1 fully saturated rings. The monoisotopic (exact) mass is 429 g/mol. The number of sulfonamides is 1. The van der Waals surface area contributed by atoms with E-state index in [4.69, 9.17) is 0 Å². The normalized spacial score (nSPS) is 19.5. The van der Waals surface area contributed by atoms with Crippen molar-refractivity contribution in [3.8, 4) is 11.1 Å². The maximum atomic E-state index is 12.7. The topological polar surface area (TPSA) is 78.5 Å². The van der Waals surface area contributed by atoms with Crippen molar-refractivity contribution in [3.05, 3.63) is 59.7 Å². The van der Waals surface area contributed by atoms with Gasteiger partial charge in [0, 0.05) is 19.1 Å². The first kappa shape index (κ1) is 22.3. The van der Waals surface area contributed by atoms with Crippen LogP contribution in [-0.2, 0) is 16.4 Å². The highest BCUT2D eigenvalue weighted by molar-refractivity contribution is 7.88. The Bertz CT molecular complexity index is 991. The van der Waals surface area contributed by atoms with Crippen LogP contribution >= 0.6 is 0 Å². The highest BCUT2D eigenvalue weighted by Crippen LogP contribution is 2.26. The van der Waals surface area contributed by atoms with Crippen LogP contribution in [0.5, 0.6) is 0 Å². The van der Waals surface area contributed by atoms with Crippen LogP contribution in [0, 0.1) is 6.92 Å². The van der Waals surface area contributed by atoms with E-state index in [1.54, 1.807) is 4.90 Å². The van der Waals surface area contributed by atoms with Gasteiger partial charge in [0.2, 0.25) is 10.0 Å². The summed E-state index contributed by atoms with van der Waals surface area (Å²) in [7, 11) is -3.37. The zero-order valence-electron chi connectivity index (χ0n) is 17.9. The van der Waals surface area contributed by atoms with Crippen molar-refractivity contribution in [2.45, 2.75) is 45.2 Å². The maximum Gasteiger partial charge on any atom is 0.317 e. The molecule has 0 spiro atoms. The standard InChI is InChI=1S/C23H31N3O3S/c1-4-24-23(27)26-13-7-12-21(25-30(3,28)29)22(26)16-18-9-6-11-20(15-18)19-10-5-8-17(2)14-19/h5-6,8-11,14-15,21-22,25H,4,7,12-13,16H2,1-3H3,(H,24,27)/t21-,22-/m1/s1. The molecule has 2 aromatic carbocycles. The Morgan fingerprint density at radius 1 is 1.13 bits per heavy atom. The van der Waals surface area contributed by atoms with Crippen LogP contribution in [0.25, 0.3) is 11.1 Å². The summed E-state index contributed by atoms with van der Waals surface area (Å²) in [5.74, 6) is 0. The molecule has 1 heterocycles. The Morgan fingerprint density at radius 3 is 2.50 bits per heavy atom. The summed E-state index contributed by atoms with van der Waals surface area (Å²) in [4.78, 5) is 14.5. The molecule has 0 aromatic heterocycles. The molecule has 0 bridgehead atoms. The Balaban J connectivity index is 1.90. The van der Waals surface area contributed by atoms with E-state index >= 15 is 0 Å². The average Bonchev–Trinajstić information content (AvgIpc) is 2.68. The van der Waals surface area contributed by atoms with E-state index in [1.807, 2.05) is 25.1 Å². The van der Waals surface area contributed by atoms with Gasteiger partial charge in [-0.1, -0.05) is 54.1 Å². The summed E-state index contributed by atoms with van der Waals surface area (Å²) < 4.78 is 26.6. The van der Waals surface area contributed by atoms with Gasteiger partial charge in [0.15, 0.2) is 0 Å². The Hall–Kier alpha value is -2.38. The summed E-state index contributed by atoms with van der Waals surface area (Å²) in [5, 5.41) is 2.87. The molecule has 1 aliphatic heterocycles. The van der Waals surface area contributed by atoms with E-state index in [2.05, 4.69) is 47.3 Å². The van der Waals surface area contributed by atoms with Gasteiger partial charge in [0.25, 0.3) is 0 Å². The second-order valence-corrected chi connectivity index (χ2v) is 9.79. The lowest BCUT2D eigenvalue weighted by Gasteiger charge is -2.41. The molecule has 3 rings (SSSR count). The fraction of sp³-hybridized carbons (Fsp3) is 0.435. The molecule has 162 valence electrons. The quantitative estimate of drug-likeness (QED) is 0.739. The summed E-state index contributed by atoms with van der Waals surface area (Å²) in [6.07, 6.45) is 3.24. The minimum atomic E-state index is -3.37. The first-order chi connectivity index (χ1) is 14.3. The number of urea groups is 1. The second-order valence-electron chi connectivity index (χ2n) is 8.01. The highest BCUT2D eigenvalue weighted by atomic mass is 32.2. The van der Waals surface area contributed by atoms with Crippen LogP contribution in [0.1, 0.15) is 30.9 Å². The molecular formula is C23H31N3O3S. The zero-order valence-corrected chi connectivity index (χ0v) is 18.7. The SMILES string of the molecule is CCNC(=O)N1CCC[C@@H](NS(C)(=O)=O)[C@H]1Cc1cccc(-c2cccc(C)c2)c1. The van der Waals surface area contributed by atoms with Crippen LogP contribution in [0.15, 0.2) is 48.5 Å². The predicted octanol–water partition coefficient (Wildman–Crippen LogP) is 3.32. The van der Waals surface area contributed by atoms with Crippen molar-refractivity contribution in [3.63, 3.8) is 0 Å². The number of piperidine rings is 1. The summed E-state index contributed by atoms with van der Waals surface area (Å²) in [6.45, 7) is 5.11. The number of rotatable bonds is 6. The molecule has 7 heteroatoms. The smallest absolute Gasteiger partial charge is 0.317 e. The van der Waals surface area contributed by atoms with E-state index in [0.717, 1.165) is 23.1 Å². The van der Waals surface area contributed by atoms with Crippen molar-refractivity contribution in [2.75, 3.05) is 19.3 Å². The van der Waals surface area contributed by atoms with Crippen LogP contribution in [0.4, 0.5) is 4.79 Å². The van der Waals surface area contributed by atoms with E-state index in [0.29, 0.717) is 25.9 Å². The Labute approximate surface area is 179 Å². The minimum Gasteiger partial charge on any atom is -0.338 e. The maximum absolute atomic E-state index is 12.7. The highest BCUT2D eigenvalue weighted by Gasteiger charge is 2.35. The van der Waals surface area contributed by atoms with Gasteiger partial charge in [0.1, 0.15) is 0 Å². The average molecular weight is 430 g/mol. The molecule has 30 heavy (non-hydrogen) atoms. The fourth-order valence-corrected chi connectivity index (χ4v) is 5.00. The molecule has 0 unspecified atom stereocenters. The van der Waals surface area contributed by atoms with Crippen molar-refractivity contribution in [1.29, 1.82) is 0 Å². The number of nitrogens with zero attached hydrogens (tertiary/aromatic N) is 1. The van der Waals surface area contributed by atoms with Gasteiger partial charge < -0.3 is 10.2 Å². The number of nitrogens with one attached hydrogen (secondary N) is 2.